The summed E-state index contributed by atoms with van der Waals surface area (Å²) < 4.78 is 6.31. The molecule has 1 N–H and O–H groups in total. The van der Waals surface area contributed by atoms with E-state index in [4.69, 9.17) is 9.84 Å². The Morgan fingerprint density at radius 2 is 2.37 bits per heavy atom. The molecule has 1 fully saturated rings. The predicted octanol–water partition coefficient (Wildman–Crippen LogP) is 2.77. The van der Waals surface area contributed by atoms with E-state index >= 15 is 0 Å². The fourth-order valence-corrected chi connectivity index (χ4v) is 2.60. The minimum atomic E-state index is -0.947. The van der Waals surface area contributed by atoms with E-state index in [1.54, 1.807) is 6.08 Å². The average molecular weight is 326 g/mol. The third kappa shape index (κ3) is 3.58. The van der Waals surface area contributed by atoms with Gasteiger partial charge in [-0.1, -0.05) is 22.0 Å². The second-order valence-corrected chi connectivity index (χ2v) is 5.35. The molecule has 0 aliphatic carbocycles. The molecule has 1 saturated heterocycles. The Balaban J connectivity index is 2.20. The third-order valence-electron chi connectivity index (χ3n) is 3.09. The molecule has 4 nitrogen and oxygen atoms in total. The van der Waals surface area contributed by atoms with Gasteiger partial charge in [-0.15, -0.1) is 0 Å². The number of carboxylic acids is 1. The van der Waals surface area contributed by atoms with E-state index in [2.05, 4.69) is 27.8 Å². The molecule has 5 heteroatoms. The highest BCUT2D eigenvalue weighted by molar-refractivity contribution is 9.10. The highest BCUT2D eigenvalue weighted by atomic mass is 79.9. The highest BCUT2D eigenvalue weighted by Gasteiger charge is 2.19. The first-order valence-electron chi connectivity index (χ1n) is 6.13. The number of aliphatic carboxylic acids is 1. The minimum Gasteiger partial charge on any atom is -0.478 e. The maximum Gasteiger partial charge on any atom is 0.328 e. The van der Waals surface area contributed by atoms with E-state index in [0.717, 1.165) is 41.6 Å². The van der Waals surface area contributed by atoms with Crippen molar-refractivity contribution in [2.75, 3.05) is 24.7 Å². The summed E-state index contributed by atoms with van der Waals surface area (Å²) in [6.07, 6.45) is 2.72. The molecule has 1 atom stereocenters. The number of rotatable bonds is 3. The van der Waals surface area contributed by atoms with Crippen molar-refractivity contribution < 1.29 is 14.6 Å². The summed E-state index contributed by atoms with van der Waals surface area (Å²) in [6.45, 7) is 4.48. The van der Waals surface area contributed by atoms with Crippen molar-refractivity contribution in [1.82, 2.24) is 0 Å². The van der Waals surface area contributed by atoms with Crippen LogP contribution in [-0.4, -0.2) is 36.9 Å². The molecule has 0 spiro atoms. The Kier molecular flexibility index (Phi) is 4.61. The predicted molar refractivity (Wildman–Crippen MR) is 78.4 cm³/mol. The van der Waals surface area contributed by atoms with Gasteiger partial charge in [0, 0.05) is 28.8 Å². The van der Waals surface area contributed by atoms with Crippen LogP contribution in [-0.2, 0) is 9.53 Å². The summed E-state index contributed by atoms with van der Waals surface area (Å²) in [4.78, 5) is 12.8. The van der Waals surface area contributed by atoms with Crippen LogP contribution >= 0.6 is 15.9 Å². The van der Waals surface area contributed by atoms with Gasteiger partial charge in [-0.2, -0.15) is 0 Å². The lowest BCUT2D eigenvalue weighted by molar-refractivity contribution is -0.131. The Hall–Kier alpha value is -1.33. The van der Waals surface area contributed by atoms with Gasteiger partial charge < -0.3 is 14.7 Å². The number of hydrogen-bond donors (Lipinski definition) is 1. The van der Waals surface area contributed by atoms with Crippen LogP contribution in [0.5, 0.6) is 0 Å². The second-order valence-electron chi connectivity index (χ2n) is 4.49. The van der Waals surface area contributed by atoms with Crippen molar-refractivity contribution in [3.8, 4) is 0 Å². The molecule has 0 saturated carbocycles. The number of hydrogen-bond acceptors (Lipinski definition) is 3. The van der Waals surface area contributed by atoms with Crippen molar-refractivity contribution in [3.63, 3.8) is 0 Å². The molecule has 2 rings (SSSR count). The molecule has 1 aromatic carbocycles. The molecule has 19 heavy (non-hydrogen) atoms. The number of benzene rings is 1. The molecular weight excluding hydrogens is 310 g/mol. The first kappa shape index (κ1) is 14.1. The molecule has 0 bridgehead atoms. The Bertz CT molecular complexity index is 501. The molecule has 1 aliphatic heterocycles. The summed E-state index contributed by atoms with van der Waals surface area (Å²) in [5, 5.41) is 8.63. The van der Waals surface area contributed by atoms with Crippen LogP contribution in [0.4, 0.5) is 5.69 Å². The van der Waals surface area contributed by atoms with E-state index in [0.29, 0.717) is 6.04 Å². The first-order chi connectivity index (χ1) is 9.08. The number of carboxylic acid groups (broad SMARTS) is 1. The molecule has 1 heterocycles. The largest absolute Gasteiger partial charge is 0.478 e. The van der Waals surface area contributed by atoms with Gasteiger partial charge in [0.05, 0.1) is 13.2 Å². The summed E-state index contributed by atoms with van der Waals surface area (Å²) >= 11 is 3.48. The van der Waals surface area contributed by atoms with E-state index in [-0.39, 0.29) is 0 Å². The first-order valence-corrected chi connectivity index (χ1v) is 6.92. The van der Waals surface area contributed by atoms with Gasteiger partial charge in [0.1, 0.15) is 0 Å². The lowest BCUT2D eigenvalue weighted by Crippen LogP contribution is -2.43. The summed E-state index contributed by atoms with van der Waals surface area (Å²) in [6, 6.07) is 6.29. The van der Waals surface area contributed by atoms with Crippen molar-refractivity contribution in [3.05, 3.63) is 34.3 Å². The SMILES string of the molecule is CC1COCCN1c1ccc(/C=C/C(=O)O)c(Br)c1. The van der Waals surface area contributed by atoms with Crippen LogP contribution in [0.1, 0.15) is 12.5 Å². The number of nitrogens with zero attached hydrogens (tertiary/aromatic N) is 1. The fourth-order valence-electron chi connectivity index (χ4n) is 2.10. The smallest absolute Gasteiger partial charge is 0.328 e. The maximum atomic E-state index is 10.5. The molecule has 0 radical (unpaired) electrons. The van der Waals surface area contributed by atoms with Crippen LogP contribution < -0.4 is 4.90 Å². The monoisotopic (exact) mass is 325 g/mol. The molecule has 0 aromatic heterocycles. The zero-order valence-electron chi connectivity index (χ0n) is 10.7. The van der Waals surface area contributed by atoms with Gasteiger partial charge in [-0.05, 0) is 30.7 Å². The van der Waals surface area contributed by atoms with Gasteiger partial charge in [-0.3, -0.25) is 0 Å². The van der Waals surface area contributed by atoms with Crippen molar-refractivity contribution in [2.45, 2.75) is 13.0 Å². The van der Waals surface area contributed by atoms with Gasteiger partial charge >= 0.3 is 5.97 Å². The fraction of sp³-hybridized carbons (Fsp3) is 0.357. The quantitative estimate of drug-likeness (QED) is 0.868. The van der Waals surface area contributed by atoms with Crippen LogP contribution in [0.25, 0.3) is 6.08 Å². The summed E-state index contributed by atoms with van der Waals surface area (Å²) in [5.41, 5.74) is 1.97. The van der Waals surface area contributed by atoms with Gasteiger partial charge in [0.25, 0.3) is 0 Å². The zero-order valence-corrected chi connectivity index (χ0v) is 12.3. The van der Waals surface area contributed by atoms with E-state index in [1.807, 2.05) is 18.2 Å². The Labute approximate surface area is 120 Å². The second kappa shape index (κ2) is 6.21. The van der Waals surface area contributed by atoms with Gasteiger partial charge in [0.2, 0.25) is 0 Å². The number of carbonyl (C=O) groups is 1. The lowest BCUT2D eigenvalue weighted by Gasteiger charge is -2.35. The van der Waals surface area contributed by atoms with Gasteiger partial charge in [0.15, 0.2) is 0 Å². The maximum absolute atomic E-state index is 10.5. The van der Waals surface area contributed by atoms with Crippen LogP contribution in [0.2, 0.25) is 0 Å². The Morgan fingerprint density at radius 3 is 3.00 bits per heavy atom. The van der Waals surface area contributed by atoms with Crippen molar-refractivity contribution >= 4 is 33.7 Å². The standard InChI is InChI=1S/C14H16BrNO3/c1-10-9-19-7-6-16(10)12-4-2-11(13(15)8-12)3-5-14(17)18/h2-5,8,10H,6-7,9H2,1H3,(H,17,18)/b5-3+. The molecular formula is C14H16BrNO3. The lowest BCUT2D eigenvalue weighted by atomic mass is 10.1. The highest BCUT2D eigenvalue weighted by Crippen LogP contribution is 2.27. The normalized spacial score (nSPS) is 19.9. The topological polar surface area (TPSA) is 49.8 Å². The molecule has 1 aromatic rings. The number of anilines is 1. The molecule has 0 amide bonds. The van der Waals surface area contributed by atoms with Crippen LogP contribution in [0, 0.1) is 0 Å². The van der Waals surface area contributed by atoms with Crippen LogP contribution in [0.15, 0.2) is 28.7 Å². The number of morpholine rings is 1. The Morgan fingerprint density at radius 1 is 1.58 bits per heavy atom. The third-order valence-corrected chi connectivity index (χ3v) is 3.78. The summed E-state index contributed by atoms with van der Waals surface area (Å²) in [5.74, 6) is -0.947. The number of ether oxygens (including phenoxy) is 1. The van der Waals surface area contributed by atoms with Gasteiger partial charge in [-0.25, -0.2) is 4.79 Å². The average Bonchev–Trinajstić information content (AvgIpc) is 2.37. The van der Waals surface area contributed by atoms with E-state index < -0.39 is 5.97 Å². The zero-order chi connectivity index (χ0) is 13.8. The summed E-state index contributed by atoms with van der Waals surface area (Å²) in [7, 11) is 0. The molecule has 102 valence electrons. The van der Waals surface area contributed by atoms with E-state index in [1.165, 1.54) is 0 Å². The van der Waals surface area contributed by atoms with Crippen LogP contribution in [0.3, 0.4) is 0 Å². The van der Waals surface area contributed by atoms with E-state index in [9.17, 15) is 4.79 Å². The minimum absolute atomic E-state index is 0.348. The molecule has 1 unspecified atom stereocenters. The number of halogens is 1. The molecule has 1 aliphatic rings. The van der Waals surface area contributed by atoms with Crippen molar-refractivity contribution in [1.29, 1.82) is 0 Å². The van der Waals surface area contributed by atoms with Crippen molar-refractivity contribution in [2.24, 2.45) is 0 Å².